The third-order valence-corrected chi connectivity index (χ3v) is 7.41. The molecule has 0 spiro atoms. The Hall–Kier alpha value is -2.20. The second kappa shape index (κ2) is 8.97. The highest BCUT2D eigenvalue weighted by Crippen LogP contribution is 2.44. The summed E-state index contributed by atoms with van der Waals surface area (Å²) in [7, 11) is -2.57. The third kappa shape index (κ3) is 4.91. The summed E-state index contributed by atoms with van der Waals surface area (Å²) >= 11 is 0. The topological polar surface area (TPSA) is 55.4 Å². The minimum Gasteiger partial charge on any atom is -0.497 e. The molecule has 10 heteroatoms. The van der Waals surface area contributed by atoms with Crippen molar-refractivity contribution in [1.29, 1.82) is 0 Å². The van der Waals surface area contributed by atoms with Crippen molar-refractivity contribution in [1.82, 2.24) is 4.72 Å². The summed E-state index contributed by atoms with van der Waals surface area (Å²) < 4.78 is 97.8. The number of sulfonamides is 1. The van der Waals surface area contributed by atoms with Crippen molar-refractivity contribution in [3.63, 3.8) is 0 Å². The number of ether oxygens (including phenoxy) is 1. The van der Waals surface area contributed by atoms with Gasteiger partial charge in [-0.05, 0) is 42.7 Å². The first-order valence-corrected chi connectivity index (χ1v) is 11.6. The molecule has 1 aliphatic rings. The largest absolute Gasteiger partial charge is 0.497 e. The van der Waals surface area contributed by atoms with Gasteiger partial charge in [-0.1, -0.05) is 43.5 Å². The Balaban J connectivity index is 1.81. The molecule has 0 atom stereocenters. The number of hydrogen-bond acceptors (Lipinski definition) is 3. The van der Waals surface area contributed by atoms with Crippen LogP contribution >= 0.6 is 0 Å². The van der Waals surface area contributed by atoms with Crippen molar-refractivity contribution < 1.29 is 35.1 Å². The monoisotopic (exact) mass is 477 g/mol. The molecule has 0 amide bonds. The van der Waals surface area contributed by atoms with E-state index in [1.165, 1.54) is 0 Å². The minimum atomic E-state index is -5.77. The first-order valence-electron chi connectivity index (χ1n) is 10.1. The van der Waals surface area contributed by atoms with E-state index in [1.807, 2.05) is 12.1 Å². The molecule has 1 N–H and O–H groups in total. The Morgan fingerprint density at radius 3 is 1.97 bits per heavy atom. The van der Waals surface area contributed by atoms with E-state index in [4.69, 9.17) is 4.74 Å². The van der Waals surface area contributed by atoms with Gasteiger partial charge in [0, 0.05) is 17.5 Å². The van der Waals surface area contributed by atoms with Gasteiger partial charge in [-0.3, -0.25) is 0 Å². The normalized spacial score (nSPS) is 17.2. The van der Waals surface area contributed by atoms with E-state index in [9.17, 15) is 30.4 Å². The van der Waals surface area contributed by atoms with Crippen molar-refractivity contribution >= 4 is 10.0 Å². The fraction of sp³-hybridized carbons (Fsp3) is 0.455. The third-order valence-electron chi connectivity index (χ3n) is 6.00. The number of rotatable bonds is 7. The van der Waals surface area contributed by atoms with Crippen molar-refractivity contribution in [3.8, 4) is 5.75 Å². The Labute approximate surface area is 183 Å². The smallest absolute Gasteiger partial charge is 0.458 e. The molecule has 4 nitrogen and oxygen atoms in total. The molecule has 3 rings (SSSR count). The van der Waals surface area contributed by atoms with Crippen LogP contribution in [0.4, 0.5) is 22.0 Å². The molecule has 176 valence electrons. The van der Waals surface area contributed by atoms with Gasteiger partial charge in [-0.25, -0.2) is 13.1 Å². The highest BCUT2D eigenvalue weighted by molar-refractivity contribution is 7.89. The number of halogens is 5. The van der Waals surface area contributed by atoms with E-state index >= 15 is 0 Å². The zero-order chi connectivity index (χ0) is 23.6. The Morgan fingerprint density at radius 2 is 1.47 bits per heavy atom. The van der Waals surface area contributed by atoms with E-state index in [-0.39, 0.29) is 11.4 Å². The van der Waals surface area contributed by atoms with Gasteiger partial charge in [0.05, 0.1) is 12.0 Å². The average molecular weight is 477 g/mol. The van der Waals surface area contributed by atoms with Gasteiger partial charge in [0.25, 0.3) is 0 Å². The molecule has 0 unspecified atom stereocenters. The maximum absolute atomic E-state index is 13.5. The van der Waals surface area contributed by atoms with Crippen LogP contribution in [0, 0.1) is 0 Å². The molecule has 0 heterocycles. The van der Waals surface area contributed by atoms with Gasteiger partial charge in [0.1, 0.15) is 5.75 Å². The summed E-state index contributed by atoms with van der Waals surface area (Å²) in [5, 5.41) is 0. The Kier molecular flexibility index (Phi) is 6.86. The molecular weight excluding hydrogens is 453 g/mol. The molecule has 0 aromatic heterocycles. The van der Waals surface area contributed by atoms with Crippen molar-refractivity contribution in [2.75, 3.05) is 13.7 Å². The van der Waals surface area contributed by atoms with E-state index in [0.717, 1.165) is 49.8 Å². The van der Waals surface area contributed by atoms with Gasteiger partial charge < -0.3 is 4.74 Å². The summed E-state index contributed by atoms with van der Waals surface area (Å²) in [6.07, 6.45) is -1.35. The van der Waals surface area contributed by atoms with Crippen LogP contribution in [0.2, 0.25) is 0 Å². The molecule has 0 bridgehead atoms. The number of methoxy groups -OCH3 is 1. The molecule has 1 saturated carbocycles. The highest BCUT2D eigenvalue weighted by Gasteiger charge is 2.58. The lowest BCUT2D eigenvalue weighted by molar-refractivity contribution is -0.289. The van der Waals surface area contributed by atoms with Crippen LogP contribution < -0.4 is 9.46 Å². The van der Waals surface area contributed by atoms with Gasteiger partial charge in [-0.15, -0.1) is 0 Å². The summed E-state index contributed by atoms with van der Waals surface area (Å²) in [5.41, 5.74) is -0.798. The summed E-state index contributed by atoms with van der Waals surface area (Å²) in [5.74, 6) is -4.39. The highest BCUT2D eigenvalue weighted by atomic mass is 32.2. The lowest BCUT2D eigenvalue weighted by Gasteiger charge is -2.38. The molecule has 0 saturated heterocycles. The molecule has 1 aliphatic carbocycles. The Morgan fingerprint density at radius 1 is 0.906 bits per heavy atom. The maximum Gasteiger partial charge on any atom is 0.458 e. The van der Waals surface area contributed by atoms with Crippen molar-refractivity contribution in [2.45, 2.75) is 54.5 Å². The van der Waals surface area contributed by atoms with Crippen LogP contribution in [0.25, 0.3) is 0 Å². The fourth-order valence-electron chi connectivity index (χ4n) is 4.06. The number of nitrogens with one attached hydrogen (secondary N) is 1. The van der Waals surface area contributed by atoms with Gasteiger partial charge >= 0.3 is 12.1 Å². The summed E-state index contributed by atoms with van der Waals surface area (Å²) in [6, 6.07) is 9.90. The minimum absolute atomic E-state index is 0.0854. The zero-order valence-electron chi connectivity index (χ0n) is 17.4. The molecule has 0 aliphatic heterocycles. The lowest BCUT2D eigenvalue weighted by Crippen LogP contribution is -2.42. The second-order valence-electron chi connectivity index (χ2n) is 7.99. The van der Waals surface area contributed by atoms with Gasteiger partial charge in [0.15, 0.2) is 0 Å². The quantitative estimate of drug-likeness (QED) is 0.534. The van der Waals surface area contributed by atoms with Crippen LogP contribution in [0.3, 0.4) is 0 Å². The van der Waals surface area contributed by atoms with Crippen molar-refractivity contribution in [3.05, 3.63) is 59.7 Å². The predicted molar refractivity (Wildman–Crippen MR) is 109 cm³/mol. The molecule has 32 heavy (non-hydrogen) atoms. The van der Waals surface area contributed by atoms with Crippen LogP contribution in [0.5, 0.6) is 5.75 Å². The fourth-order valence-corrected chi connectivity index (χ4v) is 5.19. The van der Waals surface area contributed by atoms with E-state index < -0.39 is 33.1 Å². The van der Waals surface area contributed by atoms with E-state index in [2.05, 4.69) is 4.72 Å². The number of benzene rings is 2. The van der Waals surface area contributed by atoms with E-state index in [0.29, 0.717) is 17.9 Å². The first kappa shape index (κ1) is 24.4. The van der Waals surface area contributed by atoms with Crippen LogP contribution in [-0.4, -0.2) is 28.2 Å². The van der Waals surface area contributed by atoms with E-state index in [1.54, 1.807) is 19.2 Å². The van der Waals surface area contributed by atoms with Crippen molar-refractivity contribution in [2.24, 2.45) is 0 Å². The van der Waals surface area contributed by atoms with Gasteiger partial charge in [-0.2, -0.15) is 22.0 Å². The summed E-state index contributed by atoms with van der Waals surface area (Å²) in [4.78, 5) is -0.375. The molecule has 0 radical (unpaired) electrons. The Bertz CT molecular complexity index is 1010. The van der Waals surface area contributed by atoms with Crippen LogP contribution in [0.15, 0.2) is 53.4 Å². The standard InChI is InChI=1S/C22H24F5NO3S/c1-31-18-9-5-16(6-10-18)20(13-3-2-4-14-20)15-28-32(29,30)19-11-7-17(8-12-19)21(23,24)22(25,26)27/h5-12,28H,2-4,13-15H2,1H3. The lowest BCUT2D eigenvalue weighted by atomic mass is 9.69. The number of alkyl halides is 5. The van der Waals surface area contributed by atoms with Gasteiger partial charge in [0.2, 0.25) is 10.0 Å². The average Bonchev–Trinajstić information content (AvgIpc) is 2.78. The second-order valence-corrected chi connectivity index (χ2v) is 9.76. The van der Waals surface area contributed by atoms with Crippen LogP contribution in [-0.2, 0) is 21.4 Å². The van der Waals surface area contributed by atoms with Crippen LogP contribution in [0.1, 0.15) is 43.2 Å². The first-order chi connectivity index (χ1) is 14.9. The SMILES string of the molecule is COc1ccc(C2(CNS(=O)(=O)c3ccc(C(F)(F)C(F)(F)F)cc3)CCCCC2)cc1. The maximum atomic E-state index is 13.5. The predicted octanol–water partition coefficient (Wildman–Crippen LogP) is 5.53. The zero-order valence-corrected chi connectivity index (χ0v) is 18.2. The molecule has 2 aromatic carbocycles. The number of hydrogen-bond donors (Lipinski definition) is 1. The molecular formula is C22H24F5NO3S. The molecule has 1 fully saturated rings. The molecule has 2 aromatic rings. The summed E-state index contributed by atoms with van der Waals surface area (Å²) in [6.45, 7) is 0.0854.